The molecule has 0 aromatic rings. The van der Waals surface area contributed by atoms with Crippen LogP contribution in [0.25, 0.3) is 0 Å². The number of piperidine rings is 1. The predicted molar refractivity (Wildman–Crippen MR) is 55.5 cm³/mol. The molecule has 2 heteroatoms. The molecule has 0 aromatic carbocycles. The molecule has 1 fully saturated rings. The molecule has 1 atom stereocenters. The SMILES string of the molecule is CN1C(C)(C)CC(C)(C)CC1(C)O. The fourth-order valence-corrected chi connectivity index (χ4v) is 3.03. The maximum atomic E-state index is 10.2. The first kappa shape index (κ1) is 11.0. The van der Waals surface area contributed by atoms with E-state index in [9.17, 15) is 5.11 Å². The molecule has 0 aliphatic carbocycles. The van der Waals surface area contributed by atoms with E-state index in [1.54, 1.807) is 0 Å². The highest BCUT2D eigenvalue weighted by atomic mass is 16.3. The van der Waals surface area contributed by atoms with Crippen LogP contribution in [-0.2, 0) is 0 Å². The predicted octanol–water partition coefficient (Wildman–Crippen LogP) is 2.23. The minimum absolute atomic E-state index is 0.0885. The molecule has 0 saturated carbocycles. The molecule has 1 unspecified atom stereocenters. The lowest BCUT2D eigenvalue weighted by Gasteiger charge is -2.55. The van der Waals surface area contributed by atoms with E-state index in [0.717, 1.165) is 12.8 Å². The topological polar surface area (TPSA) is 23.5 Å². The van der Waals surface area contributed by atoms with Crippen LogP contribution in [0.1, 0.15) is 47.5 Å². The third-order valence-corrected chi connectivity index (χ3v) is 3.36. The van der Waals surface area contributed by atoms with Crippen LogP contribution in [0.2, 0.25) is 0 Å². The van der Waals surface area contributed by atoms with Crippen LogP contribution < -0.4 is 0 Å². The Labute approximate surface area is 81.9 Å². The van der Waals surface area contributed by atoms with Crippen molar-refractivity contribution in [2.75, 3.05) is 7.05 Å². The summed E-state index contributed by atoms with van der Waals surface area (Å²) in [7, 11) is 2.01. The van der Waals surface area contributed by atoms with Crippen LogP contribution in [0.15, 0.2) is 0 Å². The monoisotopic (exact) mass is 185 g/mol. The van der Waals surface area contributed by atoms with Gasteiger partial charge in [0.05, 0.1) is 0 Å². The van der Waals surface area contributed by atoms with E-state index in [2.05, 4.69) is 32.6 Å². The minimum Gasteiger partial charge on any atom is -0.376 e. The van der Waals surface area contributed by atoms with Gasteiger partial charge in [0.15, 0.2) is 0 Å². The second-order valence-electron chi connectivity index (χ2n) is 6.11. The van der Waals surface area contributed by atoms with Crippen molar-refractivity contribution in [1.29, 1.82) is 0 Å². The quantitative estimate of drug-likeness (QED) is 0.625. The molecule has 1 aliphatic heterocycles. The molecule has 1 N–H and O–H groups in total. The zero-order chi connectivity index (χ0) is 10.5. The van der Waals surface area contributed by atoms with Gasteiger partial charge >= 0.3 is 0 Å². The molecule has 78 valence electrons. The summed E-state index contributed by atoms with van der Waals surface area (Å²) in [6.45, 7) is 10.8. The molecule has 0 amide bonds. The van der Waals surface area contributed by atoms with Gasteiger partial charge in [-0.25, -0.2) is 0 Å². The smallest absolute Gasteiger partial charge is 0.116 e. The lowest BCUT2D eigenvalue weighted by Crippen LogP contribution is -2.61. The Morgan fingerprint density at radius 1 is 1.00 bits per heavy atom. The van der Waals surface area contributed by atoms with Gasteiger partial charge in [0.1, 0.15) is 5.72 Å². The van der Waals surface area contributed by atoms with Gasteiger partial charge in [0.25, 0.3) is 0 Å². The van der Waals surface area contributed by atoms with E-state index in [-0.39, 0.29) is 11.0 Å². The molecule has 0 spiro atoms. The normalized spacial score (nSPS) is 39.0. The van der Waals surface area contributed by atoms with Gasteiger partial charge < -0.3 is 5.11 Å². The Hall–Kier alpha value is -0.0800. The van der Waals surface area contributed by atoms with Crippen LogP contribution in [0.4, 0.5) is 0 Å². The van der Waals surface area contributed by atoms with Gasteiger partial charge in [0.2, 0.25) is 0 Å². The molecular formula is C11H23NO. The molecule has 0 bridgehead atoms. The third kappa shape index (κ3) is 2.05. The Bertz CT molecular complexity index is 186. The zero-order valence-electron chi connectivity index (χ0n) is 9.81. The lowest BCUT2D eigenvalue weighted by atomic mass is 9.69. The van der Waals surface area contributed by atoms with Crippen molar-refractivity contribution in [1.82, 2.24) is 4.90 Å². The first-order chi connectivity index (χ1) is 5.57. The Morgan fingerprint density at radius 2 is 1.46 bits per heavy atom. The average molecular weight is 185 g/mol. The molecule has 1 aliphatic rings. The Morgan fingerprint density at radius 3 is 1.85 bits per heavy atom. The number of aliphatic hydroxyl groups is 1. The van der Waals surface area contributed by atoms with Crippen molar-refractivity contribution >= 4 is 0 Å². The van der Waals surface area contributed by atoms with Crippen LogP contribution >= 0.6 is 0 Å². The molecule has 1 rings (SSSR count). The van der Waals surface area contributed by atoms with Crippen molar-refractivity contribution in [2.24, 2.45) is 5.41 Å². The average Bonchev–Trinajstić information content (AvgIpc) is 1.77. The second kappa shape index (κ2) is 2.71. The second-order valence-corrected chi connectivity index (χ2v) is 6.11. The molecule has 1 saturated heterocycles. The standard InChI is InChI=1S/C11H23NO/c1-9(2)7-10(3,4)12(6)11(5,13)8-9/h13H,7-8H2,1-6H3. The molecular weight excluding hydrogens is 162 g/mol. The van der Waals surface area contributed by atoms with Crippen molar-refractivity contribution in [3.8, 4) is 0 Å². The van der Waals surface area contributed by atoms with Crippen LogP contribution in [-0.4, -0.2) is 28.3 Å². The van der Waals surface area contributed by atoms with Gasteiger partial charge in [0, 0.05) is 5.54 Å². The minimum atomic E-state index is -0.661. The summed E-state index contributed by atoms with van der Waals surface area (Å²) in [5, 5.41) is 10.2. The van der Waals surface area contributed by atoms with Crippen LogP contribution in [0, 0.1) is 5.41 Å². The van der Waals surface area contributed by atoms with E-state index in [1.807, 2.05) is 14.0 Å². The molecule has 13 heavy (non-hydrogen) atoms. The van der Waals surface area contributed by atoms with Gasteiger partial charge in [-0.05, 0) is 46.1 Å². The van der Waals surface area contributed by atoms with Gasteiger partial charge in [-0.1, -0.05) is 13.8 Å². The van der Waals surface area contributed by atoms with Gasteiger partial charge in [-0.2, -0.15) is 0 Å². The van der Waals surface area contributed by atoms with Crippen molar-refractivity contribution in [2.45, 2.75) is 58.7 Å². The van der Waals surface area contributed by atoms with E-state index in [1.165, 1.54) is 0 Å². The summed E-state index contributed by atoms with van der Waals surface area (Å²) < 4.78 is 0. The van der Waals surface area contributed by atoms with E-state index in [0.29, 0.717) is 0 Å². The van der Waals surface area contributed by atoms with Crippen LogP contribution in [0.5, 0.6) is 0 Å². The highest BCUT2D eigenvalue weighted by Crippen LogP contribution is 2.45. The summed E-state index contributed by atoms with van der Waals surface area (Å²) >= 11 is 0. The molecule has 0 radical (unpaired) electrons. The highest BCUT2D eigenvalue weighted by Gasteiger charge is 2.47. The lowest BCUT2D eigenvalue weighted by molar-refractivity contribution is -0.185. The largest absolute Gasteiger partial charge is 0.376 e. The fourth-order valence-electron chi connectivity index (χ4n) is 3.03. The first-order valence-electron chi connectivity index (χ1n) is 5.03. The Kier molecular flexibility index (Phi) is 2.29. The fraction of sp³-hybridized carbons (Fsp3) is 1.00. The third-order valence-electron chi connectivity index (χ3n) is 3.36. The number of hydrogen-bond acceptors (Lipinski definition) is 2. The van der Waals surface area contributed by atoms with Crippen LogP contribution in [0.3, 0.4) is 0 Å². The first-order valence-corrected chi connectivity index (χ1v) is 5.03. The summed E-state index contributed by atoms with van der Waals surface area (Å²) in [5.74, 6) is 0. The summed E-state index contributed by atoms with van der Waals surface area (Å²) in [6, 6.07) is 0. The number of hydrogen-bond donors (Lipinski definition) is 1. The zero-order valence-corrected chi connectivity index (χ0v) is 9.81. The molecule has 0 aromatic heterocycles. The number of nitrogens with zero attached hydrogens (tertiary/aromatic N) is 1. The maximum Gasteiger partial charge on any atom is 0.116 e. The van der Waals surface area contributed by atoms with Crippen molar-refractivity contribution < 1.29 is 5.11 Å². The van der Waals surface area contributed by atoms with E-state index >= 15 is 0 Å². The summed E-state index contributed by atoms with van der Waals surface area (Å²) in [4.78, 5) is 2.09. The van der Waals surface area contributed by atoms with Gasteiger partial charge in [-0.3, -0.25) is 4.90 Å². The molecule has 1 heterocycles. The molecule has 2 nitrogen and oxygen atoms in total. The maximum absolute atomic E-state index is 10.2. The van der Waals surface area contributed by atoms with E-state index in [4.69, 9.17) is 0 Å². The summed E-state index contributed by atoms with van der Waals surface area (Å²) in [6.07, 6.45) is 1.98. The number of rotatable bonds is 0. The Balaban J connectivity index is 2.96. The van der Waals surface area contributed by atoms with Gasteiger partial charge in [-0.15, -0.1) is 0 Å². The van der Waals surface area contributed by atoms with Crippen molar-refractivity contribution in [3.63, 3.8) is 0 Å². The van der Waals surface area contributed by atoms with E-state index < -0.39 is 5.72 Å². The summed E-state index contributed by atoms with van der Waals surface area (Å²) in [5.41, 5.74) is -0.337. The van der Waals surface area contributed by atoms with Crippen molar-refractivity contribution in [3.05, 3.63) is 0 Å². The highest BCUT2D eigenvalue weighted by molar-refractivity contribution is 4.98. The number of likely N-dealkylation sites (tertiary alicyclic amines) is 1.